The Bertz CT molecular complexity index is 1490. The van der Waals surface area contributed by atoms with Crippen LogP contribution in [0, 0.1) is 26.6 Å². The van der Waals surface area contributed by atoms with Crippen LogP contribution in [0.5, 0.6) is 0 Å². The minimum atomic E-state index is -0.462. The third-order valence-corrected chi connectivity index (χ3v) is 7.42. The van der Waals surface area contributed by atoms with Crippen molar-refractivity contribution in [2.75, 3.05) is 11.9 Å². The number of pyridine rings is 1. The molecule has 2 aromatic heterocycles. The van der Waals surface area contributed by atoms with Gasteiger partial charge in [0.1, 0.15) is 5.82 Å². The van der Waals surface area contributed by atoms with Crippen molar-refractivity contribution in [1.82, 2.24) is 19.8 Å². The van der Waals surface area contributed by atoms with E-state index in [1.54, 1.807) is 24.4 Å². The maximum Gasteiger partial charge on any atom is 0.226 e. The highest BCUT2D eigenvalue weighted by Gasteiger charge is 2.41. The van der Waals surface area contributed by atoms with Gasteiger partial charge in [0.2, 0.25) is 5.91 Å². The zero-order chi connectivity index (χ0) is 26.8. The molecular weight excluding hydrogens is 497 g/mol. The van der Waals surface area contributed by atoms with Gasteiger partial charge < -0.3 is 20.1 Å². The van der Waals surface area contributed by atoms with E-state index in [2.05, 4.69) is 64.1 Å². The average Bonchev–Trinajstić information content (AvgIpc) is 3.39. The predicted molar refractivity (Wildman–Crippen MR) is 152 cm³/mol. The summed E-state index contributed by atoms with van der Waals surface area (Å²) in [6, 6.07) is 22.1. The fourth-order valence-electron chi connectivity index (χ4n) is 5.25. The molecule has 0 bridgehead atoms. The Labute approximate surface area is 227 Å². The number of amides is 1. The monoisotopic (exact) mass is 527 g/mol. The van der Waals surface area contributed by atoms with E-state index in [0.29, 0.717) is 11.7 Å². The number of anilines is 1. The van der Waals surface area contributed by atoms with Gasteiger partial charge in [-0.05, 0) is 80.5 Å². The van der Waals surface area contributed by atoms with Crippen LogP contribution < -0.4 is 10.6 Å². The number of aryl methyl sites for hydroxylation is 2. The molecule has 194 valence electrons. The molecule has 1 aliphatic rings. The van der Waals surface area contributed by atoms with Gasteiger partial charge in [-0.15, -0.1) is 0 Å². The Morgan fingerprint density at radius 1 is 1.05 bits per heavy atom. The number of benzene rings is 2. The van der Waals surface area contributed by atoms with E-state index in [4.69, 9.17) is 12.2 Å². The number of thiocarbonyl (C=S) groups is 1. The highest BCUT2D eigenvalue weighted by atomic mass is 32.1. The van der Waals surface area contributed by atoms with Gasteiger partial charge in [-0.1, -0.05) is 36.4 Å². The zero-order valence-corrected chi connectivity index (χ0v) is 22.4. The van der Waals surface area contributed by atoms with Crippen LogP contribution in [0.1, 0.15) is 46.7 Å². The third kappa shape index (κ3) is 4.91. The molecule has 2 atom stereocenters. The van der Waals surface area contributed by atoms with Gasteiger partial charge in [-0.2, -0.15) is 0 Å². The van der Waals surface area contributed by atoms with Gasteiger partial charge in [0.15, 0.2) is 5.11 Å². The summed E-state index contributed by atoms with van der Waals surface area (Å²) in [5.74, 6) is -0.737. The molecule has 4 aromatic rings. The first-order chi connectivity index (χ1) is 18.3. The Kier molecular flexibility index (Phi) is 7.24. The summed E-state index contributed by atoms with van der Waals surface area (Å²) in [4.78, 5) is 19.5. The molecule has 1 aliphatic heterocycles. The second-order valence-electron chi connectivity index (χ2n) is 9.55. The Balaban J connectivity index is 1.48. The maximum absolute atomic E-state index is 14.1. The zero-order valence-electron chi connectivity index (χ0n) is 21.6. The minimum Gasteiger partial charge on any atom is -0.352 e. The molecular formula is C30H30FN5OS. The number of halogens is 1. The lowest BCUT2D eigenvalue weighted by Crippen LogP contribution is -2.33. The van der Waals surface area contributed by atoms with Crippen LogP contribution in [0.4, 0.5) is 10.1 Å². The van der Waals surface area contributed by atoms with Gasteiger partial charge in [0, 0.05) is 36.2 Å². The Morgan fingerprint density at radius 2 is 1.79 bits per heavy atom. The van der Waals surface area contributed by atoms with Gasteiger partial charge in [0.05, 0.1) is 23.5 Å². The lowest BCUT2D eigenvalue weighted by molar-refractivity contribution is -0.116. The molecule has 0 aliphatic carbocycles. The van der Waals surface area contributed by atoms with Gasteiger partial charge in [-0.25, -0.2) is 4.39 Å². The molecule has 0 saturated carbocycles. The Hall–Kier alpha value is -4.04. The number of hydrogen-bond donors (Lipinski definition) is 2. The van der Waals surface area contributed by atoms with Crippen molar-refractivity contribution in [1.29, 1.82) is 0 Å². The lowest BCUT2D eigenvalue weighted by Gasteiger charge is -2.28. The molecule has 3 heterocycles. The van der Waals surface area contributed by atoms with E-state index >= 15 is 0 Å². The molecule has 0 spiro atoms. The van der Waals surface area contributed by atoms with Crippen LogP contribution in [0.2, 0.25) is 0 Å². The number of carbonyl (C=O) groups excluding carboxylic acids is 1. The van der Waals surface area contributed by atoms with E-state index in [-0.39, 0.29) is 30.1 Å². The second-order valence-corrected chi connectivity index (χ2v) is 9.93. The van der Waals surface area contributed by atoms with Crippen molar-refractivity contribution in [3.8, 4) is 5.69 Å². The smallest absolute Gasteiger partial charge is 0.226 e. The van der Waals surface area contributed by atoms with Crippen molar-refractivity contribution in [3.05, 3.63) is 113 Å². The molecule has 8 heteroatoms. The van der Waals surface area contributed by atoms with E-state index in [9.17, 15) is 9.18 Å². The molecule has 2 unspecified atom stereocenters. The summed E-state index contributed by atoms with van der Waals surface area (Å²) in [5.41, 5.74) is 6.69. The number of para-hydroxylation sites is 2. The maximum atomic E-state index is 14.1. The molecule has 2 aromatic carbocycles. The molecule has 0 radical (unpaired) electrons. The quantitative estimate of drug-likeness (QED) is 0.292. The van der Waals surface area contributed by atoms with Crippen LogP contribution in [0.15, 0.2) is 79.0 Å². The normalized spacial score (nSPS) is 16.9. The van der Waals surface area contributed by atoms with Gasteiger partial charge in [0.25, 0.3) is 0 Å². The van der Waals surface area contributed by atoms with Crippen molar-refractivity contribution < 1.29 is 9.18 Å². The van der Waals surface area contributed by atoms with Crippen molar-refractivity contribution in [3.63, 3.8) is 0 Å². The molecule has 1 amide bonds. The van der Waals surface area contributed by atoms with Crippen molar-refractivity contribution in [2.45, 2.75) is 39.3 Å². The van der Waals surface area contributed by atoms with E-state index in [1.807, 2.05) is 30.3 Å². The first kappa shape index (κ1) is 25.6. The lowest BCUT2D eigenvalue weighted by atomic mass is 9.96. The SMILES string of the molecule is Cc1ccccc1-n1c(C)cc(C2C(c3ccccn3)NC(=S)N2CCC(=O)Nc2ccccc2F)c1C. The highest BCUT2D eigenvalue weighted by molar-refractivity contribution is 7.80. The molecule has 1 fully saturated rings. The Morgan fingerprint density at radius 3 is 2.53 bits per heavy atom. The summed E-state index contributed by atoms with van der Waals surface area (Å²) >= 11 is 5.78. The van der Waals surface area contributed by atoms with Crippen LogP contribution in [0.3, 0.4) is 0 Å². The van der Waals surface area contributed by atoms with E-state index in [0.717, 1.165) is 28.3 Å². The van der Waals surface area contributed by atoms with Gasteiger partial charge >= 0.3 is 0 Å². The molecule has 38 heavy (non-hydrogen) atoms. The first-order valence-corrected chi connectivity index (χ1v) is 13.0. The molecule has 2 N–H and O–H groups in total. The summed E-state index contributed by atoms with van der Waals surface area (Å²) < 4.78 is 16.3. The summed E-state index contributed by atoms with van der Waals surface area (Å²) in [5, 5.41) is 6.69. The number of rotatable bonds is 7. The van der Waals surface area contributed by atoms with E-state index in [1.165, 1.54) is 11.6 Å². The highest BCUT2D eigenvalue weighted by Crippen LogP contribution is 2.41. The summed E-state index contributed by atoms with van der Waals surface area (Å²) in [7, 11) is 0. The summed E-state index contributed by atoms with van der Waals surface area (Å²) in [6.45, 7) is 6.70. The first-order valence-electron chi connectivity index (χ1n) is 12.6. The minimum absolute atomic E-state index is 0.151. The number of aromatic nitrogens is 2. The molecule has 6 nitrogen and oxygen atoms in total. The average molecular weight is 528 g/mol. The van der Waals surface area contributed by atoms with Crippen LogP contribution in [0.25, 0.3) is 5.69 Å². The van der Waals surface area contributed by atoms with Crippen molar-refractivity contribution >= 4 is 28.9 Å². The number of nitrogens with one attached hydrogen (secondary N) is 2. The summed E-state index contributed by atoms with van der Waals surface area (Å²) in [6.07, 6.45) is 1.93. The van der Waals surface area contributed by atoms with Crippen molar-refractivity contribution in [2.24, 2.45) is 0 Å². The number of carbonyl (C=O) groups is 1. The molecule has 1 saturated heterocycles. The number of nitrogens with zero attached hydrogens (tertiary/aromatic N) is 3. The predicted octanol–water partition coefficient (Wildman–Crippen LogP) is 5.94. The largest absolute Gasteiger partial charge is 0.352 e. The van der Waals surface area contributed by atoms with Crippen LogP contribution in [-0.2, 0) is 4.79 Å². The van der Waals surface area contributed by atoms with Gasteiger partial charge in [-0.3, -0.25) is 9.78 Å². The fraction of sp³-hybridized carbons (Fsp3) is 0.233. The topological polar surface area (TPSA) is 62.2 Å². The second kappa shape index (κ2) is 10.8. The molecule has 5 rings (SSSR count). The standard InChI is InChI=1S/C30H30FN5OS/c1-19-10-4-7-14-26(19)36-20(2)18-22(21(36)3)29-28(25-13-8-9-16-32-25)34-30(38)35(29)17-15-27(37)33-24-12-6-5-11-23(24)31/h4-14,16,18,28-29H,15,17H2,1-3H3,(H,33,37)(H,34,38). The van der Waals surface area contributed by atoms with Crippen LogP contribution >= 0.6 is 12.2 Å². The number of hydrogen-bond acceptors (Lipinski definition) is 3. The van der Waals surface area contributed by atoms with E-state index < -0.39 is 5.82 Å². The van der Waals surface area contributed by atoms with Crippen LogP contribution in [-0.4, -0.2) is 32.0 Å². The third-order valence-electron chi connectivity index (χ3n) is 7.07. The fourth-order valence-corrected chi connectivity index (χ4v) is 5.59.